The van der Waals surface area contributed by atoms with Crippen LogP contribution >= 0.6 is 11.3 Å². The highest BCUT2D eigenvalue weighted by molar-refractivity contribution is 7.13. The number of rotatable bonds is 4. The number of carbonyl (C=O) groups excluding carboxylic acids is 1. The summed E-state index contributed by atoms with van der Waals surface area (Å²) in [6.07, 6.45) is 8.81. The van der Waals surface area contributed by atoms with Crippen molar-refractivity contribution in [2.75, 3.05) is 6.54 Å². The van der Waals surface area contributed by atoms with Gasteiger partial charge in [-0.1, -0.05) is 19.3 Å². The summed E-state index contributed by atoms with van der Waals surface area (Å²) in [4.78, 5) is 19.9. The Morgan fingerprint density at radius 2 is 2.08 bits per heavy atom. The SMILES string of the molecule is Cc1ncsc1-c1nnc([C@@H]2CCCN2C(=O)CC2CCCCC2)o1. The monoisotopic (exact) mass is 360 g/mol. The van der Waals surface area contributed by atoms with Gasteiger partial charge in [0.15, 0.2) is 0 Å². The zero-order chi connectivity index (χ0) is 17.2. The van der Waals surface area contributed by atoms with E-state index in [1.54, 1.807) is 5.51 Å². The largest absolute Gasteiger partial charge is 0.418 e. The van der Waals surface area contributed by atoms with Crippen LogP contribution in [0.3, 0.4) is 0 Å². The van der Waals surface area contributed by atoms with Crippen molar-refractivity contribution in [3.8, 4) is 10.8 Å². The fourth-order valence-electron chi connectivity index (χ4n) is 4.05. The number of aryl methyl sites for hydroxylation is 1. The number of thiazole rings is 1. The molecule has 4 rings (SSSR count). The number of likely N-dealkylation sites (tertiary alicyclic amines) is 1. The van der Waals surface area contributed by atoms with Gasteiger partial charge in [-0.3, -0.25) is 4.79 Å². The van der Waals surface area contributed by atoms with Crippen LogP contribution in [0, 0.1) is 12.8 Å². The lowest BCUT2D eigenvalue weighted by atomic mass is 9.86. The van der Waals surface area contributed by atoms with Crippen LogP contribution < -0.4 is 0 Å². The first-order chi connectivity index (χ1) is 12.2. The molecule has 134 valence electrons. The molecule has 0 unspecified atom stereocenters. The molecule has 1 amide bonds. The van der Waals surface area contributed by atoms with Gasteiger partial charge in [0.2, 0.25) is 11.8 Å². The minimum Gasteiger partial charge on any atom is -0.418 e. The molecule has 1 aliphatic carbocycles. The molecule has 1 atom stereocenters. The third-order valence-corrected chi connectivity index (χ3v) is 6.34. The molecule has 6 nitrogen and oxygen atoms in total. The Kier molecular flexibility index (Phi) is 4.83. The lowest BCUT2D eigenvalue weighted by Gasteiger charge is -2.26. The van der Waals surface area contributed by atoms with Gasteiger partial charge in [0.1, 0.15) is 10.9 Å². The Hall–Kier alpha value is -1.76. The number of carbonyl (C=O) groups is 1. The molecule has 2 aromatic heterocycles. The quantitative estimate of drug-likeness (QED) is 0.819. The van der Waals surface area contributed by atoms with E-state index in [0.29, 0.717) is 24.1 Å². The Morgan fingerprint density at radius 1 is 1.24 bits per heavy atom. The summed E-state index contributed by atoms with van der Waals surface area (Å²) in [7, 11) is 0. The normalized spacial score (nSPS) is 21.8. The molecule has 25 heavy (non-hydrogen) atoms. The van der Waals surface area contributed by atoms with Crippen LogP contribution in [0.15, 0.2) is 9.93 Å². The summed E-state index contributed by atoms with van der Waals surface area (Å²) in [6, 6.07) is -0.0643. The van der Waals surface area contributed by atoms with Crippen molar-refractivity contribution in [1.82, 2.24) is 20.1 Å². The molecule has 3 heterocycles. The Balaban J connectivity index is 1.47. The van der Waals surface area contributed by atoms with Crippen molar-refractivity contribution in [3.05, 3.63) is 17.1 Å². The Morgan fingerprint density at radius 3 is 2.84 bits per heavy atom. The van der Waals surface area contributed by atoms with E-state index in [4.69, 9.17) is 4.42 Å². The molecule has 0 radical (unpaired) electrons. The van der Waals surface area contributed by atoms with Crippen LogP contribution in [0.25, 0.3) is 10.8 Å². The molecular formula is C18H24N4O2S. The van der Waals surface area contributed by atoms with E-state index < -0.39 is 0 Å². The first-order valence-electron chi connectivity index (χ1n) is 9.25. The van der Waals surface area contributed by atoms with E-state index in [1.807, 2.05) is 11.8 Å². The summed E-state index contributed by atoms with van der Waals surface area (Å²) < 4.78 is 5.92. The molecule has 2 aromatic rings. The van der Waals surface area contributed by atoms with Crippen LogP contribution in [0.2, 0.25) is 0 Å². The van der Waals surface area contributed by atoms with E-state index in [9.17, 15) is 4.79 Å². The summed E-state index contributed by atoms with van der Waals surface area (Å²) in [5.41, 5.74) is 2.68. The van der Waals surface area contributed by atoms with Crippen LogP contribution in [0.1, 0.15) is 69.0 Å². The zero-order valence-electron chi connectivity index (χ0n) is 14.6. The fourth-order valence-corrected chi connectivity index (χ4v) is 4.77. The van der Waals surface area contributed by atoms with Crippen molar-refractivity contribution < 1.29 is 9.21 Å². The molecule has 0 bridgehead atoms. The second-order valence-corrected chi connectivity index (χ2v) is 8.02. The van der Waals surface area contributed by atoms with E-state index in [2.05, 4.69) is 15.2 Å². The van der Waals surface area contributed by atoms with Crippen LogP contribution in [0.5, 0.6) is 0 Å². The number of nitrogens with zero attached hydrogens (tertiary/aromatic N) is 4. The van der Waals surface area contributed by atoms with Gasteiger partial charge >= 0.3 is 0 Å². The number of amides is 1. The molecule has 2 fully saturated rings. The van der Waals surface area contributed by atoms with Gasteiger partial charge in [0.25, 0.3) is 5.89 Å². The predicted molar refractivity (Wildman–Crippen MR) is 95.0 cm³/mol. The third kappa shape index (κ3) is 3.47. The minimum absolute atomic E-state index is 0.0643. The third-order valence-electron chi connectivity index (χ3n) is 5.43. The van der Waals surface area contributed by atoms with Gasteiger partial charge in [-0.2, -0.15) is 0 Å². The molecule has 0 spiro atoms. The Bertz CT molecular complexity index is 735. The predicted octanol–water partition coefficient (Wildman–Crippen LogP) is 4.14. The topological polar surface area (TPSA) is 72.1 Å². The highest BCUT2D eigenvalue weighted by atomic mass is 32.1. The maximum Gasteiger partial charge on any atom is 0.259 e. The summed E-state index contributed by atoms with van der Waals surface area (Å²) in [6.45, 7) is 2.73. The van der Waals surface area contributed by atoms with E-state index >= 15 is 0 Å². The van der Waals surface area contributed by atoms with Crippen molar-refractivity contribution in [2.24, 2.45) is 5.92 Å². The van der Waals surface area contributed by atoms with Gasteiger partial charge in [0.05, 0.1) is 11.2 Å². The average Bonchev–Trinajstić information content (AvgIpc) is 3.35. The molecular weight excluding hydrogens is 336 g/mol. The van der Waals surface area contributed by atoms with Gasteiger partial charge in [0, 0.05) is 13.0 Å². The molecule has 1 aliphatic heterocycles. The molecule has 0 N–H and O–H groups in total. The summed E-state index contributed by atoms with van der Waals surface area (Å²) in [5.74, 6) is 1.89. The van der Waals surface area contributed by atoms with Gasteiger partial charge in [-0.05, 0) is 38.5 Å². The van der Waals surface area contributed by atoms with Gasteiger partial charge in [-0.25, -0.2) is 4.98 Å². The summed E-state index contributed by atoms with van der Waals surface area (Å²) in [5, 5.41) is 8.43. The molecule has 7 heteroatoms. The van der Waals surface area contributed by atoms with Gasteiger partial charge < -0.3 is 9.32 Å². The molecule has 1 saturated heterocycles. The van der Waals surface area contributed by atoms with Crippen molar-refractivity contribution in [1.29, 1.82) is 0 Å². The van der Waals surface area contributed by atoms with Crippen LogP contribution in [0.4, 0.5) is 0 Å². The molecule has 2 aliphatic rings. The lowest BCUT2D eigenvalue weighted by molar-refractivity contribution is -0.133. The van der Waals surface area contributed by atoms with Crippen LogP contribution in [-0.4, -0.2) is 32.5 Å². The van der Waals surface area contributed by atoms with E-state index in [1.165, 1.54) is 43.4 Å². The van der Waals surface area contributed by atoms with Crippen molar-refractivity contribution in [3.63, 3.8) is 0 Å². The van der Waals surface area contributed by atoms with Crippen molar-refractivity contribution >= 4 is 17.2 Å². The standard InChI is InChI=1S/C18H24N4O2S/c1-12-16(25-11-19-12)18-21-20-17(24-18)14-8-5-9-22(14)15(23)10-13-6-3-2-4-7-13/h11,13-14H,2-10H2,1H3/t14-/m0/s1. The van der Waals surface area contributed by atoms with E-state index in [0.717, 1.165) is 30.0 Å². The second kappa shape index (κ2) is 7.23. The van der Waals surface area contributed by atoms with Crippen LogP contribution in [-0.2, 0) is 4.79 Å². The molecule has 0 aromatic carbocycles. The number of hydrogen-bond acceptors (Lipinski definition) is 6. The minimum atomic E-state index is -0.0643. The first kappa shape index (κ1) is 16.7. The summed E-state index contributed by atoms with van der Waals surface area (Å²) >= 11 is 1.50. The van der Waals surface area contributed by atoms with Crippen molar-refractivity contribution in [2.45, 2.75) is 64.3 Å². The number of hydrogen-bond donors (Lipinski definition) is 0. The maximum atomic E-state index is 12.8. The highest BCUT2D eigenvalue weighted by Gasteiger charge is 2.35. The molecule has 1 saturated carbocycles. The second-order valence-electron chi connectivity index (χ2n) is 7.17. The number of aromatic nitrogens is 3. The average molecular weight is 360 g/mol. The fraction of sp³-hybridized carbons (Fsp3) is 0.667. The zero-order valence-corrected chi connectivity index (χ0v) is 15.4. The van der Waals surface area contributed by atoms with Gasteiger partial charge in [-0.15, -0.1) is 21.5 Å². The maximum absolute atomic E-state index is 12.8. The first-order valence-corrected chi connectivity index (χ1v) is 10.1. The lowest BCUT2D eigenvalue weighted by Crippen LogP contribution is -2.32. The Labute approximate surface area is 151 Å². The highest BCUT2D eigenvalue weighted by Crippen LogP contribution is 2.36. The van der Waals surface area contributed by atoms with E-state index in [-0.39, 0.29) is 11.9 Å². The smallest absolute Gasteiger partial charge is 0.259 e.